The Hall–Kier alpha value is -0.530. The van der Waals surface area contributed by atoms with E-state index >= 15 is 0 Å². The van der Waals surface area contributed by atoms with Crippen molar-refractivity contribution < 1.29 is 0 Å². The minimum Gasteiger partial charge on any atom is -0.316 e. The molecule has 102 valence electrons. The molecular weight excluding hydrogens is 242 g/mol. The van der Waals surface area contributed by atoms with Gasteiger partial charge in [-0.2, -0.15) is 0 Å². The first-order valence-corrected chi connectivity index (χ1v) is 7.50. The number of hydrogen-bond acceptors (Lipinski definition) is 1. The van der Waals surface area contributed by atoms with Gasteiger partial charge in [-0.05, 0) is 55.5 Å². The van der Waals surface area contributed by atoms with Crippen LogP contribution < -0.4 is 5.32 Å². The van der Waals surface area contributed by atoms with Crippen LogP contribution in [0.1, 0.15) is 39.2 Å². The Bertz CT molecular complexity index is 338. The quantitative estimate of drug-likeness (QED) is 0.682. The van der Waals surface area contributed by atoms with E-state index in [4.69, 9.17) is 11.6 Å². The molecule has 2 heteroatoms. The van der Waals surface area contributed by atoms with Gasteiger partial charge in [0.2, 0.25) is 0 Å². The summed E-state index contributed by atoms with van der Waals surface area (Å²) < 4.78 is 0. The van der Waals surface area contributed by atoms with Crippen LogP contribution in [0.3, 0.4) is 0 Å². The third kappa shape index (κ3) is 5.41. The van der Waals surface area contributed by atoms with Crippen molar-refractivity contribution in [3.63, 3.8) is 0 Å². The van der Waals surface area contributed by atoms with Gasteiger partial charge in [0.1, 0.15) is 0 Å². The van der Waals surface area contributed by atoms with Gasteiger partial charge in [0.25, 0.3) is 0 Å². The topological polar surface area (TPSA) is 12.0 Å². The zero-order valence-electron chi connectivity index (χ0n) is 11.9. The molecule has 0 spiro atoms. The average Bonchev–Trinajstić information content (AvgIpc) is 2.37. The van der Waals surface area contributed by atoms with Crippen LogP contribution in [0.25, 0.3) is 0 Å². The highest BCUT2D eigenvalue weighted by Gasteiger charge is 2.16. The van der Waals surface area contributed by atoms with Crippen LogP contribution in [0.4, 0.5) is 0 Å². The molecule has 1 aromatic rings. The third-order valence-corrected chi connectivity index (χ3v) is 3.90. The van der Waals surface area contributed by atoms with E-state index in [9.17, 15) is 0 Å². The minimum absolute atomic E-state index is 0.694. The van der Waals surface area contributed by atoms with E-state index in [0.717, 1.165) is 30.5 Å². The molecule has 0 aliphatic carbocycles. The fourth-order valence-electron chi connectivity index (χ4n) is 2.24. The van der Waals surface area contributed by atoms with Crippen LogP contribution in [-0.4, -0.2) is 13.1 Å². The van der Waals surface area contributed by atoms with Gasteiger partial charge in [-0.1, -0.05) is 50.9 Å². The first kappa shape index (κ1) is 15.5. The molecule has 0 saturated carbocycles. The molecule has 0 aliphatic rings. The lowest BCUT2D eigenvalue weighted by Crippen LogP contribution is -2.29. The fraction of sp³-hybridized carbons (Fsp3) is 0.625. The maximum atomic E-state index is 6.05. The Labute approximate surface area is 117 Å². The molecule has 0 bridgehead atoms. The van der Waals surface area contributed by atoms with Crippen LogP contribution in [-0.2, 0) is 6.42 Å². The van der Waals surface area contributed by atoms with Gasteiger partial charge in [0.15, 0.2) is 0 Å². The maximum Gasteiger partial charge on any atom is 0.0408 e. The molecule has 0 saturated heterocycles. The molecule has 1 N–H and O–H groups in total. The molecule has 0 radical (unpaired) electrons. The minimum atomic E-state index is 0.694. The summed E-state index contributed by atoms with van der Waals surface area (Å²) in [5, 5.41) is 4.40. The molecule has 1 nitrogen and oxygen atoms in total. The number of hydrogen-bond donors (Lipinski definition) is 1. The van der Waals surface area contributed by atoms with Crippen molar-refractivity contribution >= 4 is 11.6 Å². The summed E-state index contributed by atoms with van der Waals surface area (Å²) in [6, 6.07) is 8.27. The SMILES string of the molecule is CCCNCC(Cc1cccc(Cl)c1)C(C)CC. The molecule has 1 rings (SSSR count). The molecule has 1 aromatic carbocycles. The Morgan fingerprint density at radius 3 is 2.67 bits per heavy atom. The summed E-state index contributed by atoms with van der Waals surface area (Å²) >= 11 is 6.05. The summed E-state index contributed by atoms with van der Waals surface area (Å²) in [4.78, 5) is 0. The molecule has 2 atom stereocenters. The molecule has 0 fully saturated rings. The van der Waals surface area contributed by atoms with Crippen molar-refractivity contribution in [1.29, 1.82) is 0 Å². The van der Waals surface area contributed by atoms with Gasteiger partial charge in [0.05, 0.1) is 0 Å². The number of halogens is 1. The number of benzene rings is 1. The molecule has 18 heavy (non-hydrogen) atoms. The molecule has 0 amide bonds. The van der Waals surface area contributed by atoms with E-state index in [2.05, 4.69) is 38.2 Å². The van der Waals surface area contributed by atoms with Crippen molar-refractivity contribution in [2.75, 3.05) is 13.1 Å². The predicted octanol–water partition coefficient (Wildman–Crippen LogP) is 4.54. The second kappa shape index (κ2) is 8.55. The summed E-state index contributed by atoms with van der Waals surface area (Å²) in [6.45, 7) is 9.05. The van der Waals surface area contributed by atoms with E-state index in [1.807, 2.05) is 12.1 Å². The summed E-state index contributed by atoms with van der Waals surface area (Å²) in [5.74, 6) is 1.44. The van der Waals surface area contributed by atoms with Crippen molar-refractivity contribution in [3.8, 4) is 0 Å². The van der Waals surface area contributed by atoms with Crippen LogP contribution in [0.5, 0.6) is 0 Å². The Morgan fingerprint density at radius 1 is 1.28 bits per heavy atom. The monoisotopic (exact) mass is 267 g/mol. The zero-order chi connectivity index (χ0) is 13.4. The van der Waals surface area contributed by atoms with Gasteiger partial charge >= 0.3 is 0 Å². The zero-order valence-corrected chi connectivity index (χ0v) is 12.6. The molecule has 0 aromatic heterocycles. The van der Waals surface area contributed by atoms with Gasteiger partial charge in [-0.25, -0.2) is 0 Å². The molecule has 0 aliphatic heterocycles. The predicted molar refractivity (Wildman–Crippen MR) is 81.3 cm³/mol. The van der Waals surface area contributed by atoms with Crippen LogP contribution >= 0.6 is 11.6 Å². The molecule has 2 unspecified atom stereocenters. The molecular formula is C16H26ClN. The largest absolute Gasteiger partial charge is 0.316 e. The second-order valence-corrected chi connectivity index (χ2v) is 5.62. The highest BCUT2D eigenvalue weighted by molar-refractivity contribution is 6.30. The number of nitrogens with one attached hydrogen (secondary N) is 1. The van der Waals surface area contributed by atoms with Crippen molar-refractivity contribution in [2.24, 2.45) is 11.8 Å². The Balaban J connectivity index is 2.59. The lowest BCUT2D eigenvalue weighted by molar-refractivity contribution is 0.330. The lowest BCUT2D eigenvalue weighted by Gasteiger charge is -2.23. The first-order valence-electron chi connectivity index (χ1n) is 7.12. The summed E-state index contributed by atoms with van der Waals surface area (Å²) in [5.41, 5.74) is 1.35. The van der Waals surface area contributed by atoms with E-state index in [1.165, 1.54) is 18.4 Å². The Morgan fingerprint density at radius 2 is 2.06 bits per heavy atom. The Kier molecular flexibility index (Phi) is 7.38. The van der Waals surface area contributed by atoms with E-state index in [-0.39, 0.29) is 0 Å². The standard InChI is InChI=1S/C16H26ClN/c1-4-9-18-12-15(13(3)5-2)10-14-7-6-8-16(17)11-14/h6-8,11,13,15,18H,4-5,9-10,12H2,1-3H3. The van der Waals surface area contributed by atoms with Crippen molar-refractivity contribution in [1.82, 2.24) is 5.32 Å². The van der Waals surface area contributed by atoms with Gasteiger partial charge < -0.3 is 5.32 Å². The second-order valence-electron chi connectivity index (χ2n) is 5.18. The highest BCUT2D eigenvalue weighted by Crippen LogP contribution is 2.21. The van der Waals surface area contributed by atoms with Gasteiger partial charge in [-0.15, -0.1) is 0 Å². The molecule has 0 heterocycles. The third-order valence-electron chi connectivity index (χ3n) is 3.67. The van der Waals surface area contributed by atoms with Gasteiger partial charge in [0, 0.05) is 5.02 Å². The van der Waals surface area contributed by atoms with Crippen LogP contribution in [0, 0.1) is 11.8 Å². The smallest absolute Gasteiger partial charge is 0.0408 e. The highest BCUT2D eigenvalue weighted by atomic mass is 35.5. The summed E-state index contributed by atoms with van der Waals surface area (Å²) in [7, 11) is 0. The lowest BCUT2D eigenvalue weighted by atomic mass is 9.86. The van der Waals surface area contributed by atoms with E-state index in [0.29, 0.717) is 5.92 Å². The first-order chi connectivity index (χ1) is 8.67. The van der Waals surface area contributed by atoms with E-state index in [1.54, 1.807) is 0 Å². The van der Waals surface area contributed by atoms with Crippen LogP contribution in [0.15, 0.2) is 24.3 Å². The van der Waals surface area contributed by atoms with Crippen molar-refractivity contribution in [2.45, 2.75) is 40.0 Å². The number of rotatable bonds is 8. The normalized spacial score (nSPS) is 14.4. The van der Waals surface area contributed by atoms with Crippen molar-refractivity contribution in [3.05, 3.63) is 34.9 Å². The maximum absolute atomic E-state index is 6.05. The van der Waals surface area contributed by atoms with Crippen LogP contribution in [0.2, 0.25) is 5.02 Å². The summed E-state index contributed by atoms with van der Waals surface area (Å²) in [6.07, 6.45) is 3.55. The van der Waals surface area contributed by atoms with Gasteiger partial charge in [-0.3, -0.25) is 0 Å². The van der Waals surface area contributed by atoms with E-state index < -0.39 is 0 Å². The average molecular weight is 268 g/mol. The fourth-order valence-corrected chi connectivity index (χ4v) is 2.45.